The number of ether oxygens (including phenoxy) is 1. The van der Waals surface area contributed by atoms with Crippen LogP contribution in [0.2, 0.25) is 0 Å². The number of amides is 2. The van der Waals surface area contributed by atoms with Crippen LogP contribution in [0.4, 0.5) is 4.79 Å². The van der Waals surface area contributed by atoms with Gasteiger partial charge in [-0.05, 0) is 40.7 Å². The van der Waals surface area contributed by atoms with Gasteiger partial charge in [-0.1, -0.05) is 78.9 Å². The van der Waals surface area contributed by atoms with Gasteiger partial charge in [-0.25, -0.2) is 9.59 Å². The Morgan fingerprint density at radius 1 is 0.857 bits per heavy atom. The molecule has 0 aromatic heterocycles. The lowest BCUT2D eigenvalue weighted by Gasteiger charge is -2.35. The molecule has 7 heteroatoms. The van der Waals surface area contributed by atoms with Crippen LogP contribution in [0.5, 0.6) is 0 Å². The molecular weight excluding hydrogens is 444 g/mol. The van der Waals surface area contributed by atoms with Crippen molar-refractivity contribution >= 4 is 18.0 Å². The molecule has 0 saturated heterocycles. The Morgan fingerprint density at radius 3 is 2.03 bits per heavy atom. The quantitative estimate of drug-likeness (QED) is 0.479. The summed E-state index contributed by atoms with van der Waals surface area (Å²) >= 11 is 0. The smallest absolute Gasteiger partial charge is 0.407 e. The lowest BCUT2D eigenvalue weighted by atomic mass is 9.79. The minimum Gasteiger partial charge on any atom is -0.479 e. The van der Waals surface area contributed by atoms with E-state index in [-0.39, 0.29) is 30.4 Å². The summed E-state index contributed by atoms with van der Waals surface area (Å²) in [5, 5.41) is 14.9. The van der Waals surface area contributed by atoms with Crippen LogP contribution >= 0.6 is 0 Å². The molecule has 1 atom stereocenters. The van der Waals surface area contributed by atoms with E-state index >= 15 is 0 Å². The van der Waals surface area contributed by atoms with Crippen molar-refractivity contribution < 1.29 is 24.2 Å². The van der Waals surface area contributed by atoms with Crippen molar-refractivity contribution in [2.24, 2.45) is 5.92 Å². The number of fused-ring (bicyclic) bond motifs is 3. The van der Waals surface area contributed by atoms with Crippen LogP contribution in [0.25, 0.3) is 11.1 Å². The molecule has 1 fully saturated rings. The number of hydrogen-bond donors (Lipinski definition) is 3. The minimum absolute atomic E-state index is 0.0148. The highest BCUT2D eigenvalue weighted by molar-refractivity contribution is 5.86. The topological polar surface area (TPSA) is 105 Å². The van der Waals surface area contributed by atoms with Crippen LogP contribution < -0.4 is 10.6 Å². The van der Waals surface area contributed by atoms with Gasteiger partial charge in [0.25, 0.3) is 0 Å². The molecule has 3 N–H and O–H groups in total. The molecule has 0 bridgehead atoms. The molecule has 3 aromatic rings. The number of nitrogens with one attached hydrogen (secondary N) is 2. The third-order valence-electron chi connectivity index (χ3n) is 6.84. The summed E-state index contributed by atoms with van der Waals surface area (Å²) in [5.41, 5.74) is 5.14. The number of carboxylic acids is 1. The second-order valence-electron chi connectivity index (χ2n) is 9.03. The van der Waals surface area contributed by atoms with E-state index in [2.05, 4.69) is 34.9 Å². The summed E-state index contributed by atoms with van der Waals surface area (Å²) in [5.74, 6) is -1.80. The number of carbonyl (C=O) groups excluding carboxylic acids is 2. The van der Waals surface area contributed by atoms with E-state index in [1.54, 1.807) is 30.3 Å². The molecular formula is C28H26N2O5. The monoisotopic (exact) mass is 470 g/mol. The third kappa shape index (κ3) is 4.62. The van der Waals surface area contributed by atoms with Crippen LogP contribution in [-0.4, -0.2) is 35.7 Å². The SMILES string of the molecule is O=C(NC1CC(C(=O)NC(C(=O)O)c2ccccc2)C1)OCC1c2ccccc2-c2ccccc21. The average Bonchev–Trinajstić information content (AvgIpc) is 3.17. The molecule has 1 unspecified atom stereocenters. The van der Waals surface area contributed by atoms with Gasteiger partial charge < -0.3 is 20.5 Å². The molecule has 7 nitrogen and oxygen atoms in total. The Morgan fingerprint density at radius 2 is 1.43 bits per heavy atom. The number of rotatable bonds is 7. The number of hydrogen-bond acceptors (Lipinski definition) is 4. The number of benzene rings is 3. The van der Waals surface area contributed by atoms with E-state index in [1.807, 2.05) is 24.3 Å². The first-order valence-electron chi connectivity index (χ1n) is 11.7. The Labute approximate surface area is 203 Å². The van der Waals surface area contributed by atoms with Gasteiger partial charge in [0.05, 0.1) is 0 Å². The zero-order valence-electron chi connectivity index (χ0n) is 19.0. The highest BCUT2D eigenvalue weighted by Crippen LogP contribution is 2.44. The van der Waals surface area contributed by atoms with Crippen molar-refractivity contribution in [3.8, 4) is 11.1 Å². The summed E-state index contributed by atoms with van der Waals surface area (Å²) in [6, 6.07) is 23.6. The molecule has 35 heavy (non-hydrogen) atoms. The van der Waals surface area contributed by atoms with E-state index in [0.717, 1.165) is 11.1 Å². The van der Waals surface area contributed by atoms with Crippen LogP contribution in [0.15, 0.2) is 78.9 Å². The molecule has 0 aliphatic heterocycles. The van der Waals surface area contributed by atoms with E-state index in [9.17, 15) is 19.5 Å². The maximum Gasteiger partial charge on any atom is 0.407 e. The molecule has 0 spiro atoms. The minimum atomic E-state index is -1.11. The number of alkyl carbamates (subject to hydrolysis) is 1. The van der Waals surface area contributed by atoms with Crippen LogP contribution in [0.1, 0.15) is 41.5 Å². The predicted octanol–water partition coefficient (Wildman–Crippen LogP) is 4.25. The van der Waals surface area contributed by atoms with E-state index in [1.165, 1.54) is 11.1 Å². The average molecular weight is 471 g/mol. The summed E-state index contributed by atoms with van der Waals surface area (Å²) in [7, 11) is 0. The second kappa shape index (κ2) is 9.62. The van der Waals surface area contributed by atoms with Crippen molar-refractivity contribution in [2.75, 3.05) is 6.61 Å². The van der Waals surface area contributed by atoms with Crippen molar-refractivity contribution in [1.29, 1.82) is 0 Å². The Hall–Kier alpha value is -4.13. The fraction of sp³-hybridized carbons (Fsp3) is 0.250. The van der Waals surface area contributed by atoms with Crippen molar-refractivity contribution in [2.45, 2.75) is 30.8 Å². The second-order valence-corrected chi connectivity index (χ2v) is 9.03. The van der Waals surface area contributed by atoms with Crippen molar-refractivity contribution in [3.05, 3.63) is 95.6 Å². The Balaban J connectivity index is 1.11. The van der Waals surface area contributed by atoms with Crippen molar-refractivity contribution in [3.63, 3.8) is 0 Å². The van der Waals surface area contributed by atoms with Crippen LogP contribution in [0.3, 0.4) is 0 Å². The van der Waals surface area contributed by atoms with Crippen molar-refractivity contribution in [1.82, 2.24) is 10.6 Å². The molecule has 1 saturated carbocycles. The maximum absolute atomic E-state index is 12.6. The molecule has 3 aromatic carbocycles. The zero-order chi connectivity index (χ0) is 24.4. The van der Waals surface area contributed by atoms with E-state index in [4.69, 9.17) is 4.74 Å². The van der Waals surface area contributed by atoms with Gasteiger partial charge in [0.2, 0.25) is 5.91 Å². The fourth-order valence-corrected chi connectivity index (χ4v) is 4.95. The molecule has 5 rings (SSSR count). The highest BCUT2D eigenvalue weighted by atomic mass is 16.5. The number of carbonyl (C=O) groups is 3. The van der Waals surface area contributed by atoms with Gasteiger partial charge in [-0.2, -0.15) is 0 Å². The normalized spacial score (nSPS) is 19.0. The van der Waals surface area contributed by atoms with Gasteiger partial charge in [0.15, 0.2) is 6.04 Å². The number of carboxylic acid groups (broad SMARTS) is 1. The third-order valence-corrected chi connectivity index (χ3v) is 6.84. The lowest BCUT2D eigenvalue weighted by Crippen LogP contribution is -2.50. The highest BCUT2D eigenvalue weighted by Gasteiger charge is 2.38. The molecule has 2 amide bonds. The zero-order valence-corrected chi connectivity index (χ0v) is 19.0. The van der Waals surface area contributed by atoms with E-state index in [0.29, 0.717) is 18.4 Å². The first-order valence-corrected chi connectivity index (χ1v) is 11.7. The number of aliphatic carboxylic acids is 1. The Kier molecular flexibility index (Phi) is 6.23. The maximum atomic E-state index is 12.6. The van der Waals surface area contributed by atoms with E-state index < -0.39 is 18.1 Å². The van der Waals surface area contributed by atoms with Crippen LogP contribution in [0, 0.1) is 5.92 Å². The van der Waals surface area contributed by atoms with Gasteiger partial charge in [0, 0.05) is 17.9 Å². The van der Waals surface area contributed by atoms with Gasteiger partial charge in [-0.3, -0.25) is 4.79 Å². The first-order chi connectivity index (χ1) is 17.0. The standard InChI is InChI=1S/C28H26N2O5/c31-26(30-25(27(32)33)17-8-2-1-3-9-17)18-14-19(15-18)29-28(34)35-16-24-22-12-6-4-10-20(22)21-11-5-7-13-23(21)24/h1-13,18-19,24-25H,14-16H2,(H,29,34)(H,30,31)(H,32,33). The predicted molar refractivity (Wildman–Crippen MR) is 130 cm³/mol. The fourth-order valence-electron chi connectivity index (χ4n) is 4.95. The summed E-state index contributed by atoms with van der Waals surface area (Å²) < 4.78 is 5.57. The molecule has 2 aliphatic carbocycles. The summed E-state index contributed by atoms with van der Waals surface area (Å²) in [4.78, 5) is 36.6. The van der Waals surface area contributed by atoms with Crippen LogP contribution in [-0.2, 0) is 14.3 Å². The Bertz CT molecular complexity index is 1210. The summed E-state index contributed by atoms with van der Waals surface area (Å²) in [6.07, 6.45) is 0.373. The summed E-state index contributed by atoms with van der Waals surface area (Å²) in [6.45, 7) is 0.230. The van der Waals surface area contributed by atoms with Gasteiger partial charge >= 0.3 is 12.1 Å². The molecule has 178 valence electrons. The largest absolute Gasteiger partial charge is 0.479 e. The molecule has 2 aliphatic rings. The van der Waals surface area contributed by atoms with Gasteiger partial charge in [-0.15, -0.1) is 0 Å². The van der Waals surface area contributed by atoms with Gasteiger partial charge in [0.1, 0.15) is 6.61 Å². The first kappa shape index (κ1) is 22.7. The lowest BCUT2D eigenvalue weighted by molar-refractivity contribution is -0.143. The molecule has 0 heterocycles. The molecule has 0 radical (unpaired) electrons.